The highest BCUT2D eigenvalue weighted by Crippen LogP contribution is 2.37. The number of rotatable bonds is 12. The van der Waals surface area contributed by atoms with Crippen molar-refractivity contribution in [2.24, 2.45) is 0 Å². The Hall–Kier alpha value is -5.80. The summed E-state index contributed by atoms with van der Waals surface area (Å²) >= 11 is 1.35. The predicted molar refractivity (Wildman–Crippen MR) is 187 cm³/mol. The largest absolute Gasteiger partial charge is 0.497 e. The van der Waals surface area contributed by atoms with Crippen molar-refractivity contribution in [1.82, 2.24) is 5.32 Å². The van der Waals surface area contributed by atoms with Gasteiger partial charge in [-0.1, -0.05) is 78.9 Å². The van der Waals surface area contributed by atoms with Gasteiger partial charge in [-0.05, 0) is 60.2 Å². The Morgan fingerprint density at radius 2 is 1.34 bits per heavy atom. The Balaban J connectivity index is 1.39. The van der Waals surface area contributed by atoms with Crippen LogP contribution in [0.1, 0.15) is 26.7 Å². The van der Waals surface area contributed by atoms with Crippen LogP contribution in [0.25, 0.3) is 6.08 Å². The van der Waals surface area contributed by atoms with Crippen molar-refractivity contribution in [1.29, 1.82) is 0 Å². The van der Waals surface area contributed by atoms with E-state index in [1.165, 1.54) is 18.9 Å². The van der Waals surface area contributed by atoms with Crippen LogP contribution in [0.4, 0.5) is 11.4 Å². The SMILES string of the molecule is COc1cccc(NC(=O)C(Sc2cccc(NC(=O)/C(=C\c3ccccc3OC)NC(=O)c3ccccc3)c2)c2ccccc2)c1. The number of amides is 3. The molecule has 5 aromatic rings. The summed E-state index contributed by atoms with van der Waals surface area (Å²) in [6, 6.07) is 39.7. The second kappa shape index (κ2) is 16.0. The van der Waals surface area contributed by atoms with Gasteiger partial charge in [-0.25, -0.2) is 0 Å². The molecule has 0 saturated carbocycles. The molecule has 0 aromatic heterocycles. The van der Waals surface area contributed by atoms with Crippen molar-refractivity contribution in [3.63, 3.8) is 0 Å². The van der Waals surface area contributed by atoms with Crippen LogP contribution in [0.15, 0.2) is 144 Å². The first kappa shape index (κ1) is 32.6. The molecule has 5 aromatic carbocycles. The zero-order chi connectivity index (χ0) is 33.0. The Morgan fingerprint density at radius 1 is 0.681 bits per heavy atom. The molecule has 0 fully saturated rings. The standard InChI is InChI=1S/C38H33N3O5S/c1-45-31-20-11-18-29(24-31)40-38(44)35(26-13-5-3-6-14-26)47-32-21-12-19-30(25-32)39-37(43)33(23-28-17-9-10-22-34(28)46-2)41-36(42)27-15-7-4-8-16-27/h3-25,35H,1-2H3,(H,39,43)(H,40,44)(H,41,42)/b33-23+. The molecule has 1 unspecified atom stereocenters. The molecular weight excluding hydrogens is 611 g/mol. The summed E-state index contributed by atoms with van der Waals surface area (Å²) in [7, 11) is 3.11. The van der Waals surface area contributed by atoms with Crippen LogP contribution in [0.5, 0.6) is 11.5 Å². The number of thioether (sulfide) groups is 1. The van der Waals surface area contributed by atoms with Crippen molar-refractivity contribution in [3.05, 3.63) is 156 Å². The second-order valence-electron chi connectivity index (χ2n) is 10.2. The molecular formula is C38H33N3O5S. The lowest BCUT2D eigenvalue weighted by molar-refractivity contribution is -0.116. The molecule has 236 valence electrons. The van der Waals surface area contributed by atoms with Crippen LogP contribution >= 0.6 is 11.8 Å². The van der Waals surface area contributed by atoms with E-state index in [0.717, 1.165) is 10.5 Å². The summed E-state index contributed by atoms with van der Waals surface area (Å²) in [4.78, 5) is 41.1. The Morgan fingerprint density at radius 3 is 2.06 bits per heavy atom. The van der Waals surface area contributed by atoms with Crippen molar-refractivity contribution in [2.45, 2.75) is 10.1 Å². The molecule has 0 spiro atoms. The van der Waals surface area contributed by atoms with Crippen molar-refractivity contribution in [2.75, 3.05) is 24.9 Å². The summed E-state index contributed by atoms with van der Waals surface area (Å²) in [5.41, 5.74) is 2.97. The van der Waals surface area contributed by atoms with Crippen LogP contribution in [-0.4, -0.2) is 31.9 Å². The topological polar surface area (TPSA) is 106 Å². The number of benzene rings is 5. The predicted octanol–water partition coefficient (Wildman–Crippen LogP) is 7.59. The summed E-state index contributed by atoms with van der Waals surface area (Å²) in [6.45, 7) is 0. The molecule has 0 aliphatic heterocycles. The molecule has 0 bridgehead atoms. The molecule has 9 heteroatoms. The number of nitrogens with one attached hydrogen (secondary N) is 3. The molecule has 0 aliphatic carbocycles. The summed E-state index contributed by atoms with van der Waals surface area (Å²) in [5, 5.41) is 8.05. The van der Waals surface area contributed by atoms with Gasteiger partial charge in [0, 0.05) is 33.5 Å². The van der Waals surface area contributed by atoms with Gasteiger partial charge in [-0.15, -0.1) is 11.8 Å². The fourth-order valence-electron chi connectivity index (χ4n) is 4.67. The number of carbonyl (C=O) groups is 3. The van der Waals surface area contributed by atoms with Gasteiger partial charge in [-0.2, -0.15) is 0 Å². The summed E-state index contributed by atoms with van der Waals surface area (Å²) in [5.74, 6) is 0.00444. The fraction of sp³-hybridized carbons (Fsp3) is 0.0789. The van der Waals surface area contributed by atoms with Gasteiger partial charge < -0.3 is 25.4 Å². The average Bonchev–Trinajstić information content (AvgIpc) is 3.11. The minimum absolute atomic E-state index is 0.0289. The van der Waals surface area contributed by atoms with Gasteiger partial charge in [0.15, 0.2) is 0 Å². The molecule has 8 nitrogen and oxygen atoms in total. The van der Waals surface area contributed by atoms with E-state index in [1.54, 1.807) is 79.9 Å². The van der Waals surface area contributed by atoms with Crippen molar-refractivity contribution < 1.29 is 23.9 Å². The molecule has 47 heavy (non-hydrogen) atoms. The van der Waals surface area contributed by atoms with E-state index >= 15 is 0 Å². The first-order valence-electron chi connectivity index (χ1n) is 14.7. The van der Waals surface area contributed by atoms with Gasteiger partial charge in [0.05, 0.1) is 14.2 Å². The molecule has 1 atom stereocenters. The molecule has 0 heterocycles. The number of anilines is 2. The van der Waals surface area contributed by atoms with E-state index in [0.29, 0.717) is 34.0 Å². The lowest BCUT2D eigenvalue weighted by Gasteiger charge is -2.18. The highest BCUT2D eigenvalue weighted by Gasteiger charge is 2.23. The highest BCUT2D eigenvalue weighted by atomic mass is 32.2. The zero-order valence-electron chi connectivity index (χ0n) is 25.8. The first-order chi connectivity index (χ1) is 22.9. The van der Waals surface area contributed by atoms with Gasteiger partial charge in [0.2, 0.25) is 5.91 Å². The van der Waals surface area contributed by atoms with E-state index in [-0.39, 0.29) is 11.6 Å². The van der Waals surface area contributed by atoms with E-state index < -0.39 is 17.1 Å². The normalized spacial score (nSPS) is 11.6. The maximum absolute atomic E-state index is 13.7. The van der Waals surface area contributed by atoms with E-state index in [4.69, 9.17) is 9.47 Å². The number of para-hydroxylation sites is 1. The van der Waals surface area contributed by atoms with Gasteiger partial charge in [0.25, 0.3) is 11.8 Å². The number of hydrogen-bond donors (Lipinski definition) is 3. The molecule has 5 rings (SSSR count). The third-order valence-corrected chi connectivity index (χ3v) is 8.24. The molecule has 0 aliphatic rings. The lowest BCUT2D eigenvalue weighted by Crippen LogP contribution is -2.30. The Kier molecular flexibility index (Phi) is 11.1. The van der Waals surface area contributed by atoms with Gasteiger partial charge in [-0.3, -0.25) is 14.4 Å². The Labute approximate surface area is 277 Å². The van der Waals surface area contributed by atoms with Crippen LogP contribution in [-0.2, 0) is 9.59 Å². The third kappa shape index (κ3) is 8.90. The average molecular weight is 644 g/mol. The maximum atomic E-state index is 13.7. The third-order valence-electron chi connectivity index (χ3n) is 6.99. The van der Waals surface area contributed by atoms with E-state index in [9.17, 15) is 14.4 Å². The molecule has 3 amide bonds. The number of carbonyl (C=O) groups excluding carboxylic acids is 3. The van der Waals surface area contributed by atoms with Gasteiger partial charge in [0.1, 0.15) is 22.4 Å². The van der Waals surface area contributed by atoms with Crippen LogP contribution < -0.4 is 25.4 Å². The smallest absolute Gasteiger partial charge is 0.272 e. The number of hydrogen-bond acceptors (Lipinski definition) is 6. The van der Waals surface area contributed by atoms with Crippen LogP contribution in [0.3, 0.4) is 0 Å². The number of ether oxygens (including phenoxy) is 2. The maximum Gasteiger partial charge on any atom is 0.272 e. The molecule has 3 N–H and O–H groups in total. The van der Waals surface area contributed by atoms with Crippen LogP contribution in [0, 0.1) is 0 Å². The van der Waals surface area contributed by atoms with E-state index in [1.807, 2.05) is 66.7 Å². The monoisotopic (exact) mass is 643 g/mol. The first-order valence-corrected chi connectivity index (χ1v) is 15.6. The second-order valence-corrected chi connectivity index (χ2v) is 11.4. The number of methoxy groups -OCH3 is 2. The van der Waals surface area contributed by atoms with Gasteiger partial charge >= 0.3 is 0 Å². The zero-order valence-corrected chi connectivity index (χ0v) is 26.6. The lowest BCUT2D eigenvalue weighted by atomic mass is 10.1. The summed E-state index contributed by atoms with van der Waals surface area (Å²) < 4.78 is 10.8. The molecule has 0 saturated heterocycles. The van der Waals surface area contributed by atoms with Crippen molar-refractivity contribution >= 4 is 46.9 Å². The molecule has 0 radical (unpaired) electrons. The quantitative estimate of drug-likeness (QED) is 0.0956. The Bertz CT molecular complexity index is 1880. The fourth-order valence-corrected chi connectivity index (χ4v) is 5.76. The highest BCUT2D eigenvalue weighted by molar-refractivity contribution is 8.00. The minimum atomic E-state index is -0.598. The summed E-state index contributed by atoms with van der Waals surface area (Å²) in [6.07, 6.45) is 1.57. The minimum Gasteiger partial charge on any atom is -0.497 e. The van der Waals surface area contributed by atoms with Crippen LogP contribution in [0.2, 0.25) is 0 Å². The van der Waals surface area contributed by atoms with Crippen molar-refractivity contribution in [3.8, 4) is 11.5 Å². The van der Waals surface area contributed by atoms with E-state index in [2.05, 4.69) is 16.0 Å².